The van der Waals surface area contributed by atoms with Crippen molar-refractivity contribution in [3.8, 4) is 5.75 Å². The molecule has 6 rings (SSSR count). The Balaban J connectivity index is 1.36. The summed E-state index contributed by atoms with van der Waals surface area (Å²) in [6, 6.07) is 16.9. The Morgan fingerprint density at radius 1 is 1.05 bits per heavy atom. The molecule has 0 bridgehead atoms. The number of halogens is 3. The highest BCUT2D eigenvalue weighted by Gasteiger charge is 2.56. The molecular weight excluding hydrogens is 657 g/mol. The summed E-state index contributed by atoms with van der Waals surface area (Å²) in [4.78, 5) is 56.9. The summed E-state index contributed by atoms with van der Waals surface area (Å²) in [6.45, 7) is -0.373. The Labute approximate surface area is 254 Å². The zero-order valence-corrected chi connectivity index (χ0v) is 24.7. The molecule has 3 amide bonds. The molecule has 13 heteroatoms. The van der Waals surface area contributed by atoms with Crippen LogP contribution in [0.15, 0.2) is 81.0 Å². The first-order valence-corrected chi connectivity index (χ1v) is 15.1. The molecule has 1 saturated heterocycles. The van der Waals surface area contributed by atoms with Gasteiger partial charge in [0.25, 0.3) is 5.91 Å². The Morgan fingerprint density at radius 3 is 2.51 bits per heavy atom. The summed E-state index contributed by atoms with van der Waals surface area (Å²) >= 11 is 11.6. The fourth-order valence-electron chi connectivity index (χ4n) is 4.96. The molecule has 2 aliphatic heterocycles. The molecule has 208 valence electrons. The predicted molar refractivity (Wildman–Crippen MR) is 159 cm³/mol. The van der Waals surface area contributed by atoms with Crippen molar-refractivity contribution < 1.29 is 23.5 Å². The highest BCUT2D eigenvalue weighted by molar-refractivity contribution is 9.10. The van der Waals surface area contributed by atoms with E-state index in [-0.39, 0.29) is 11.5 Å². The van der Waals surface area contributed by atoms with Gasteiger partial charge >= 0.3 is 4.87 Å². The molecule has 1 aromatic heterocycles. The van der Waals surface area contributed by atoms with Gasteiger partial charge in [0.15, 0.2) is 6.61 Å². The second-order valence-electron chi connectivity index (χ2n) is 9.26. The number of carbonyl (C=O) groups excluding carboxylic acids is 3. The fourth-order valence-corrected chi connectivity index (χ4v) is 7.98. The standard InChI is InChI=1S/C28H18BrClFN3O5S2/c29-13-1-10-19(39-12-20(35)32-16-6-4-15(31)5-7-16)18(11-13)21-22-24(40-25-23(21)41-28(38)33-25)27(37)34(26(22)36)17-8-2-14(30)3-9-17/h1-11,21-22,24H,12H2,(H,32,35)(H,33,38)/t21-,22?,24?/m1/s1. The van der Waals surface area contributed by atoms with Gasteiger partial charge in [-0.1, -0.05) is 50.6 Å². The lowest BCUT2D eigenvalue weighted by atomic mass is 9.82. The van der Waals surface area contributed by atoms with Crippen molar-refractivity contribution in [3.63, 3.8) is 0 Å². The van der Waals surface area contributed by atoms with Crippen LogP contribution >= 0.6 is 50.6 Å². The van der Waals surface area contributed by atoms with Gasteiger partial charge in [-0.2, -0.15) is 0 Å². The summed E-state index contributed by atoms with van der Waals surface area (Å²) in [5.74, 6) is -2.94. The number of imide groups is 1. The molecule has 2 N–H and O–H groups in total. The first-order chi connectivity index (χ1) is 19.7. The lowest BCUT2D eigenvalue weighted by Crippen LogP contribution is -2.32. The third kappa shape index (κ3) is 5.32. The second kappa shape index (κ2) is 11.1. The van der Waals surface area contributed by atoms with E-state index in [1.807, 2.05) is 0 Å². The zero-order chi connectivity index (χ0) is 28.8. The number of aromatic amines is 1. The van der Waals surface area contributed by atoms with Crippen molar-refractivity contribution in [2.45, 2.75) is 16.2 Å². The number of hydrogen-bond donors (Lipinski definition) is 2. The third-order valence-electron chi connectivity index (χ3n) is 6.70. The summed E-state index contributed by atoms with van der Waals surface area (Å²) in [7, 11) is 0. The minimum Gasteiger partial charge on any atom is -0.483 e. The second-order valence-corrected chi connectivity index (χ2v) is 12.8. The highest BCUT2D eigenvalue weighted by atomic mass is 79.9. The van der Waals surface area contributed by atoms with Gasteiger partial charge < -0.3 is 15.0 Å². The molecule has 0 aliphatic carbocycles. The van der Waals surface area contributed by atoms with E-state index in [1.165, 1.54) is 24.3 Å². The number of fused-ring (bicyclic) bond motifs is 2. The molecular formula is C28H18BrClFN3O5S2. The minimum absolute atomic E-state index is 0.307. The molecule has 3 aromatic carbocycles. The number of H-pyrrole nitrogens is 1. The number of carbonyl (C=O) groups is 3. The molecule has 8 nitrogen and oxygen atoms in total. The largest absolute Gasteiger partial charge is 0.483 e. The van der Waals surface area contributed by atoms with E-state index in [1.54, 1.807) is 42.5 Å². The summed E-state index contributed by atoms with van der Waals surface area (Å²) < 4.78 is 19.8. The lowest BCUT2D eigenvalue weighted by molar-refractivity contribution is -0.122. The van der Waals surface area contributed by atoms with E-state index < -0.39 is 40.6 Å². The van der Waals surface area contributed by atoms with Gasteiger partial charge in [0.05, 0.1) is 16.6 Å². The van der Waals surface area contributed by atoms with Gasteiger partial charge in [-0.15, -0.1) is 0 Å². The highest BCUT2D eigenvalue weighted by Crippen LogP contribution is 2.54. The number of nitrogens with zero attached hydrogens (tertiary/aromatic N) is 1. The van der Waals surface area contributed by atoms with E-state index in [0.717, 1.165) is 28.0 Å². The van der Waals surface area contributed by atoms with Crippen LogP contribution in [0.1, 0.15) is 16.4 Å². The van der Waals surface area contributed by atoms with Crippen LogP contribution in [-0.2, 0) is 14.4 Å². The number of nitrogens with one attached hydrogen (secondary N) is 2. The number of ether oxygens (including phenoxy) is 1. The average Bonchev–Trinajstić information content (AvgIpc) is 3.44. The van der Waals surface area contributed by atoms with Crippen molar-refractivity contribution in [1.29, 1.82) is 0 Å². The van der Waals surface area contributed by atoms with Gasteiger partial charge in [-0.05, 0) is 66.7 Å². The van der Waals surface area contributed by atoms with Crippen LogP contribution in [0.4, 0.5) is 15.8 Å². The molecule has 3 heterocycles. The summed E-state index contributed by atoms with van der Waals surface area (Å²) in [5, 5.41) is 2.84. The Hall–Kier alpha value is -3.45. The maximum atomic E-state index is 14.0. The number of benzene rings is 3. The molecule has 2 unspecified atom stereocenters. The van der Waals surface area contributed by atoms with Crippen LogP contribution < -0.4 is 19.8 Å². The number of thioether (sulfide) groups is 1. The molecule has 0 radical (unpaired) electrons. The van der Waals surface area contributed by atoms with E-state index in [2.05, 4.69) is 26.2 Å². The molecule has 3 atom stereocenters. The SMILES string of the molecule is O=C(COc1ccc(Br)cc1[C@H]1c2sc(=O)[nH]c2SC2C(=O)N(c3ccc(Cl)cc3)C(=O)C21)Nc1ccc(F)cc1. The number of hydrogen-bond acceptors (Lipinski definition) is 7. The van der Waals surface area contributed by atoms with Gasteiger partial charge in [-0.25, -0.2) is 9.29 Å². The van der Waals surface area contributed by atoms with Crippen molar-refractivity contribution in [2.24, 2.45) is 5.92 Å². The molecule has 0 saturated carbocycles. The summed E-state index contributed by atoms with van der Waals surface area (Å²) in [6.07, 6.45) is 0. The van der Waals surface area contributed by atoms with E-state index in [0.29, 0.717) is 42.1 Å². The molecule has 1 fully saturated rings. The smallest absolute Gasteiger partial charge is 0.305 e. The van der Waals surface area contributed by atoms with Crippen LogP contribution in [0, 0.1) is 11.7 Å². The molecule has 41 heavy (non-hydrogen) atoms. The van der Waals surface area contributed by atoms with E-state index >= 15 is 0 Å². The first-order valence-electron chi connectivity index (χ1n) is 12.2. The van der Waals surface area contributed by atoms with Crippen LogP contribution in [0.5, 0.6) is 5.75 Å². The van der Waals surface area contributed by atoms with Gasteiger partial charge in [-0.3, -0.25) is 19.2 Å². The first kappa shape index (κ1) is 27.7. The predicted octanol–water partition coefficient (Wildman–Crippen LogP) is 5.80. The molecule has 4 aromatic rings. The molecule has 2 aliphatic rings. The molecule has 0 spiro atoms. The third-order valence-corrected chi connectivity index (χ3v) is 9.85. The average molecular weight is 675 g/mol. The van der Waals surface area contributed by atoms with E-state index in [9.17, 15) is 23.6 Å². The maximum absolute atomic E-state index is 14.0. The van der Waals surface area contributed by atoms with Crippen molar-refractivity contribution in [2.75, 3.05) is 16.8 Å². The van der Waals surface area contributed by atoms with Gasteiger partial charge in [0.2, 0.25) is 11.8 Å². The quantitative estimate of drug-likeness (QED) is 0.250. The van der Waals surface area contributed by atoms with Gasteiger partial charge in [0.1, 0.15) is 16.8 Å². The van der Waals surface area contributed by atoms with Crippen molar-refractivity contribution in [1.82, 2.24) is 4.98 Å². The van der Waals surface area contributed by atoms with E-state index in [4.69, 9.17) is 16.3 Å². The van der Waals surface area contributed by atoms with Crippen molar-refractivity contribution in [3.05, 3.63) is 102 Å². The number of thiazole rings is 1. The fraction of sp³-hybridized carbons (Fsp3) is 0.143. The van der Waals surface area contributed by atoms with Crippen LogP contribution in [0.2, 0.25) is 5.02 Å². The minimum atomic E-state index is -0.841. The van der Waals surface area contributed by atoms with Crippen LogP contribution in [0.3, 0.4) is 0 Å². The lowest BCUT2D eigenvalue weighted by Gasteiger charge is -2.31. The number of rotatable bonds is 6. The zero-order valence-electron chi connectivity index (χ0n) is 20.7. The Kier molecular flexibility index (Phi) is 7.49. The monoisotopic (exact) mass is 673 g/mol. The van der Waals surface area contributed by atoms with Crippen LogP contribution in [-0.4, -0.2) is 34.6 Å². The normalized spacial score (nSPS) is 19.6. The topological polar surface area (TPSA) is 109 Å². The van der Waals surface area contributed by atoms with Crippen LogP contribution in [0.25, 0.3) is 0 Å². The maximum Gasteiger partial charge on any atom is 0.305 e. The number of anilines is 2. The number of aromatic nitrogens is 1. The van der Waals surface area contributed by atoms with Gasteiger partial charge in [0, 0.05) is 31.5 Å². The number of amides is 3. The summed E-state index contributed by atoms with van der Waals surface area (Å²) in [5.41, 5.74) is 1.35. The Morgan fingerprint density at radius 2 is 1.78 bits per heavy atom. The Bertz CT molecular complexity index is 1740. The van der Waals surface area contributed by atoms with Crippen molar-refractivity contribution >= 4 is 79.7 Å².